The Kier molecular flexibility index (Phi) is 7.86. The van der Waals surface area contributed by atoms with Crippen LogP contribution in [-0.2, 0) is 11.3 Å². The van der Waals surface area contributed by atoms with E-state index in [0.717, 1.165) is 28.6 Å². The molecule has 0 fully saturated rings. The van der Waals surface area contributed by atoms with Crippen molar-refractivity contribution in [1.29, 1.82) is 0 Å². The summed E-state index contributed by atoms with van der Waals surface area (Å²) in [7, 11) is 3.33. The van der Waals surface area contributed by atoms with Crippen molar-refractivity contribution in [3.05, 3.63) is 82.5 Å². The lowest BCUT2D eigenvalue weighted by Crippen LogP contribution is -2.26. The lowest BCUT2D eigenvalue weighted by Gasteiger charge is -2.18. The summed E-state index contributed by atoms with van der Waals surface area (Å²) in [5.41, 5.74) is 1.91. The second-order valence-corrected chi connectivity index (χ2v) is 8.26. The topological polar surface area (TPSA) is 80.0 Å². The van der Waals surface area contributed by atoms with Gasteiger partial charge in [0.2, 0.25) is 0 Å². The molecule has 1 amide bonds. The quantitative estimate of drug-likeness (QED) is 0.336. The number of thiocarbonyl (C=S) groups is 1. The van der Waals surface area contributed by atoms with Gasteiger partial charge in [-0.1, -0.05) is 48.2 Å². The highest BCUT2D eigenvalue weighted by Crippen LogP contribution is 2.27. The van der Waals surface area contributed by atoms with Crippen molar-refractivity contribution in [2.75, 3.05) is 14.2 Å². The van der Waals surface area contributed by atoms with Crippen LogP contribution < -0.4 is 4.74 Å². The first-order chi connectivity index (χ1) is 15.4. The van der Waals surface area contributed by atoms with Gasteiger partial charge < -0.3 is 19.2 Å². The van der Waals surface area contributed by atoms with Crippen molar-refractivity contribution < 1.29 is 23.8 Å². The van der Waals surface area contributed by atoms with E-state index in [1.807, 2.05) is 24.3 Å². The Hall–Kier alpha value is -3.36. The third kappa shape index (κ3) is 5.87. The van der Waals surface area contributed by atoms with Crippen molar-refractivity contribution in [2.24, 2.45) is 0 Å². The summed E-state index contributed by atoms with van der Waals surface area (Å²) in [6, 6.07) is 17.4. The molecule has 0 saturated heterocycles. The van der Waals surface area contributed by atoms with Crippen LogP contribution in [0.2, 0.25) is 0 Å². The van der Waals surface area contributed by atoms with Crippen molar-refractivity contribution in [3.8, 4) is 17.1 Å². The third-order valence-corrected chi connectivity index (χ3v) is 5.56. The molecule has 3 rings (SSSR count). The van der Waals surface area contributed by atoms with Crippen LogP contribution in [-0.4, -0.2) is 40.7 Å². The van der Waals surface area contributed by atoms with E-state index in [9.17, 15) is 9.59 Å². The van der Waals surface area contributed by atoms with Crippen molar-refractivity contribution in [1.82, 2.24) is 4.90 Å². The summed E-state index contributed by atoms with van der Waals surface area (Å²) in [4.78, 5) is 26.0. The van der Waals surface area contributed by atoms with Crippen LogP contribution in [0.3, 0.4) is 0 Å². The third-order valence-electron chi connectivity index (χ3n) is 4.63. The number of thioether (sulfide) groups is 1. The zero-order valence-electron chi connectivity index (χ0n) is 17.5. The van der Waals surface area contributed by atoms with Crippen LogP contribution in [0, 0.1) is 0 Å². The molecule has 1 N–H and O–H groups in total. The number of carboxylic acids is 1. The highest BCUT2D eigenvalue weighted by atomic mass is 32.2. The Balaban J connectivity index is 1.76. The second kappa shape index (κ2) is 10.8. The highest BCUT2D eigenvalue weighted by Gasteiger charge is 2.17. The number of hydrogen-bond donors (Lipinski definition) is 1. The smallest absolute Gasteiger partial charge is 0.335 e. The van der Waals surface area contributed by atoms with Gasteiger partial charge in [-0.3, -0.25) is 4.79 Å². The Morgan fingerprint density at radius 3 is 2.38 bits per heavy atom. The van der Waals surface area contributed by atoms with Crippen molar-refractivity contribution in [2.45, 2.75) is 6.54 Å². The first-order valence-corrected chi connectivity index (χ1v) is 10.9. The van der Waals surface area contributed by atoms with Crippen LogP contribution in [0.15, 0.2) is 70.0 Å². The van der Waals surface area contributed by atoms with Gasteiger partial charge in [0, 0.05) is 29.9 Å². The SMILES string of the molecule is COc1ccc(CN(C)C(=O)/C(=C/c2ccc(-c3ccc(C(=O)O)cc3)o2)SC=S)cc1. The van der Waals surface area contributed by atoms with E-state index in [-0.39, 0.29) is 11.5 Å². The molecule has 164 valence electrons. The summed E-state index contributed by atoms with van der Waals surface area (Å²) in [5, 5.41) is 9.03. The first kappa shape index (κ1) is 23.3. The molecule has 1 heterocycles. The number of carbonyl (C=O) groups is 2. The summed E-state index contributed by atoms with van der Waals surface area (Å²) in [5.74, 6) is 0.645. The normalized spacial score (nSPS) is 11.1. The second-order valence-electron chi connectivity index (χ2n) is 6.82. The number of amides is 1. The molecular formula is C24H21NO5S2. The number of carbonyl (C=O) groups excluding carboxylic acids is 1. The molecule has 3 aromatic rings. The highest BCUT2D eigenvalue weighted by molar-refractivity contribution is 8.24. The number of furan rings is 1. The minimum atomic E-state index is -0.987. The summed E-state index contributed by atoms with van der Waals surface area (Å²) >= 11 is 6.11. The van der Waals surface area contributed by atoms with Crippen LogP contribution in [0.5, 0.6) is 5.75 Å². The van der Waals surface area contributed by atoms with E-state index in [2.05, 4.69) is 0 Å². The summed E-state index contributed by atoms with van der Waals surface area (Å²) in [6.45, 7) is 0.428. The average molecular weight is 468 g/mol. The van der Waals surface area contributed by atoms with E-state index in [4.69, 9.17) is 26.5 Å². The Labute approximate surface area is 195 Å². The predicted molar refractivity (Wildman–Crippen MR) is 130 cm³/mol. The zero-order valence-corrected chi connectivity index (χ0v) is 19.1. The van der Waals surface area contributed by atoms with Gasteiger partial charge in [0.05, 0.1) is 17.6 Å². The van der Waals surface area contributed by atoms with Gasteiger partial charge >= 0.3 is 5.97 Å². The van der Waals surface area contributed by atoms with Gasteiger partial charge in [0.15, 0.2) is 0 Å². The molecule has 0 spiro atoms. The van der Waals surface area contributed by atoms with Crippen LogP contribution in [0.1, 0.15) is 21.7 Å². The van der Waals surface area contributed by atoms with Gasteiger partial charge in [-0.15, -0.1) is 0 Å². The van der Waals surface area contributed by atoms with Crippen LogP contribution in [0.25, 0.3) is 17.4 Å². The number of nitrogens with zero attached hydrogens (tertiary/aromatic N) is 1. The monoisotopic (exact) mass is 467 g/mol. The van der Waals surface area contributed by atoms with Crippen molar-refractivity contribution >= 4 is 46.6 Å². The van der Waals surface area contributed by atoms with Crippen molar-refractivity contribution in [3.63, 3.8) is 0 Å². The molecule has 0 unspecified atom stereocenters. The zero-order chi connectivity index (χ0) is 23.1. The lowest BCUT2D eigenvalue weighted by molar-refractivity contribution is -0.125. The minimum absolute atomic E-state index is 0.185. The number of rotatable bonds is 9. The maximum absolute atomic E-state index is 13.0. The molecule has 6 nitrogen and oxygen atoms in total. The molecule has 0 radical (unpaired) electrons. The van der Waals surface area contributed by atoms with E-state index < -0.39 is 5.97 Å². The molecule has 0 atom stereocenters. The fourth-order valence-electron chi connectivity index (χ4n) is 2.95. The number of methoxy groups -OCH3 is 1. The number of hydrogen-bond acceptors (Lipinski definition) is 6. The van der Waals surface area contributed by atoms with Crippen LogP contribution >= 0.6 is 24.0 Å². The maximum Gasteiger partial charge on any atom is 0.335 e. The molecule has 32 heavy (non-hydrogen) atoms. The maximum atomic E-state index is 13.0. The van der Waals surface area contributed by atoms with E-state index in [0.29, 0.717) is 23.0 Å². The Morgan fingerprint density at radius 1 is 1.09 bits per heavy atom. The molecule has 2 aromatic carbocycles. The first-order valence-electron chi connectivity index (χ1n) is 9.55. The van der Waals surface area contributed by atoms with Gasteiger partial charge in [0.1, 0.15) is 17.3 Å². The molecule has 1 aromatic heterocycles. The van der Waals surface area contributed by atoms with Gasteiger partial charge in [-0.2, -0.15) is 0 Å². The molecule has 0 aliphatic rings. The van der Waals surface area contributed by atoms with E-state index in [1.54, 1.807) is 49.4 Å². The number of ether oxygens (including phenoxy) is 1. The van der Waals surface area contributed by atoms with Gasteiger partial charge in [0.25, 0.3) is 5.91 Å². The minimum Gasteiger partial charge on any atom is -0.497 e. The summed E-state index contributed by atoms with van der Waals surface area (Å²) in [6.07, 6.45) is 1.65. The largest absolute Gasteiger partial charge is 0.497 e. The molecule has 0 bridgehead atoms. The fourth-order valence-corrected chi connectivity index (χ4v) is 3.81. The summed E-state index contributed by atoms with van der Waals surface area (Å²) < 4.78 is 12.4. The standard InChI is InChI=1S/C24H21NO5S2/c1-25(14-16-3-9-19(29-2)10-4-16)23(26)22(32-15-31)13-20-11-12-21(30-20)17-5-7-18(8-6-17)24(27)28/h3-13,15H,14H2,1-2H3,(H,27,28)/b22-13-. The molecule has 8 heteroatoms. The Morgan fingerprint density at radius 2 is 1.78 bits per heavy atom. The number of aromatic carboxylic acids is 1. The van der Waals surface area contributed by atoms with Gasteiger partial charge in [-0.25, -0.2) is 4.79 Å². The Bertz CT molecular complexity index is 1130. The number of benzene rings is 2. The lowest BCUT2D eigenvalue weighted by atomic mass is 10.1. The predicted octanol–water partition coefficient (Wildman–Crippen LogP) is 5.34. The van der Waals surface area contributed by atoms with Crippen LogP contribution in [0.4, 0.5) is 0 Å². The molecular weight excluding hydrogens is 446 g/mol. The van der Waals surface area contributed by atoms with E-state index in [1.165, 1.54) is 16.8 Å². The number of carboxylic acid groups (broad SMARTS) is 1. The average Bonchev–Trinajstić information content (AvgIpc) is 3.27. The molecule has 0 aliphatic carbocycles. The number of likely N-dealkylation sites (N-methyl/N-ethyl adjacent to an activating group) is 1. The molecule has 0 aliphatic heterocycles. The van der Waals surface area contributed by atoms with Gasteiger partial charge in [-0.05, 0) is 42.0 Å². The fraction of sp³-hybridized carbons (Fsp3) is 0.125. The molecule has 0 saturated carbocycles. The van der Waals surface area contributed by atoms with E-state index >= 15 is 0 Å².